The zero-order valence-corrected chi connectivity index (χ0v) is 12.3. The molecule has 1 atom stereocenters. The third-order valence-electron chi connectivity index (χ3n) is 2.89. The van der Waals surface area contributed by atoms with E-state index in [2.05, 4.69) is 10.4 Å². The Labute approximate surface area is 120 Å². The molecule has 0 amide bonds. The van der Waals surface area contributed by atoms with Crippen molar-refractivity contribution in [2.45, 2.75) is 26.3 Å². The van der Waals surface area contributed by atoms with E-state index in [-0.39, 0.29) is 11.9 Å². The van der Waals surface area contributed by atoms with Crippen LogP contribution >= 0.6 is 22.9 Å². The molecular formula is C13H15ClFN3S. The molecule has 6 heteroatoms. The zero-order valence-electron chi connectivity index (χ0n) is 10.7. The summed E-state index contributed by atoms with van der Waals surface area (Å²) in [6.45, 7) is 3.87. The fourth-order valence-corrected chi connectivity index (χ4v) is 3.20. The maximum Gasteiger partial charge on any atom is 0.126 e. The zero-order chi connectivity index (χ0) is 14.0. The van der Waals surface area contributed by atoms with Gasteiger partial charge in [0.15, 0.2) is 0 Å². The first kappa shape index (κ1) is 14.4. The molecule has 1 unspecified atom stereocenters. The number of hydrazine groups is 1. The van der Waals surface area contributed by atoms with E-state index in [4.69, 9.17) is 17.4 Å². The number of rotatable bonds is 4. The van der Waals surface area contributed by atoms with E-state index in [1.807, 2.05) is 13.8 Å². The molecule has 0 saturated heterocycles. The van der Waals surface area contributed by atoms with Crippen molar-refractivity contribution in [2.75, 3.05) is 0 Å². The molecule has 0 radical (unpaired) electrons. The van der Waals surface area contributed by atoms with E-state index in [0.717, 1.165) is 15.6 Å². The van der Waals surface area contributed by atoms with E-state index in [1.165, 1.54) is 12.1 Å². The van der Waals surface area contributed by atoms with Crippen molar-refractivity contribution in [2.24, 2.45) is 5.84 Å². The predicted molar refractivity (Wildman–Crippen MR) is 76.8 cm³/mol. The van der Waals surface area contributed by atoms with Crippen LogP contribution in [0.4, 0.5) is 4.39 Å². The number of nitrogens with zero attached hydrogens (tertiary/aromatic N) is 1. The van der Waals surface area contributed by atoms with Crippen molar-refractivity contribution in [3.63, 3.8) is 0 Å². The second-order valence-corrected chi connectivity index (χ2v) is 6.01. The van der Waals surface area contributed by atoms with Crippen molar-refractivity contribution in [3.05, 3.63) is 50.2 Å². The van der Waals surface area contributed by atoms with Gasteiger partial charge in [0.05, 0.1) is 16.7 Å². The topological polar surface area (TPSA) is 50.9 Å². The van der Waals surface area contributed by atoms with Gasteiger partial charge in [0.1, 0.15) is 5.82 Å². The van der Waals surface area contributed by atoms with E-state index < -0.39 is 0 Å². The van der Waals surface area contributed by atoms with Crippen LogP contribution in [0.1, 0.15) is 27.2 Å². The standard InChI is InChI=1S/C13H15ClFN3S/c1-7-13(19-8(2)17-7)12(18-16)6-9-5-10(14)3-4-11(9)15/h3-5,12,18H,6,16H2,1-2H3. The van der Waals surface area contributed by atoms with Gasteiger partial charge in [-0.15, -0.1) is 11.3 Å². The van der Waals surface area contributed by atoms with E-state index in [9.17, 15) is 4.39 Å². The molecule has 0 saturated carbocycles. The Morgan fingerprint density at radius 2 is 2.21 bits per heavy atom. The van der Waals surface area contributed by atoms with Crippen LogP contribution in [0.15, 0.2) is 18.2 Å². The number of halogens is 2. The number of nitrogens with two attached hydrogens (primary N) is 1. The lowest BCUT2D eigenvalue weighted by molar-refractivity contribution is 0.533. The second-order valence-electron chi connectivity index (χ2n) is 4.34. The van der Waals surface area contributed by atoms with Crippen molar-refractivity contribution in [1.82, 2.24) is 10.4 Å². The van der Waals surface area contributed by atoms with Crippen LogP contribution in [-0.4, -0.2) is 4.98 Å². The number of hydrogen-bond acceptors (Lipinski definition) is 4. The average Bonchev–Trinajstić information content (AvgIpc) is 2.69. The number of nitrogens with one attached hydrogen (secondary N) is 1. The molecular weight excluding hydrogens is 285 g/mol. The third-order valence-corrected chi connectivity index (χ3v) is 4.31. The second kappa shape index (κ2) is 5.96. The fourth-order valence-electron chi connectivity index (χ4n) is 2.02. The van der Waals surface area contributed by atoms with Crippen LogP contribution in [0.5, 0.6) is 0 Å². The van der Waals surface area contributed by atoms with Gasteiger partial charge in [0.2, 0.25) is 0 Å². The molecule has 2 rings (SSSR count). The first-order valence-corrected chi connectivity index (χ1v) is 7.04. The van der Waals surface area contributed by atoms with Gasteiger partial charge in [-0.25, -0.2) is 9.37 Å². The molecule has 0 bridgehead atoms. The normalized spacial score (nSPS) is 12.7. The number of hydrogen-bond donors (Lipinski definition) is 2. The largest absolute Gasteiger partial charge is 0.271 e. The number of aryl methyl sites for hydroxylation is 2. The molecule has 0 aliphatic heterocycles. The van der Waals surface area contributed by atoms with Crippen LogP contribution in [0, 0.1) is 19.7 Å². The van der Waals surface area contributed by atoms with Crippen molar-refractivity contribution in [1.29, 1.82) is 0 Å². The average molecular weight is 300 g/mol. The maximum absolute atomic E-state index is 13.7. The molecule has 2 aromatic rings. The summed E-state index contributed by atoms with van der Waals surface area (Å²) in [6.07, 6.45) is 0.436. The molecule has 1 aromatic carbocycles. The third kappa shape index (κ3) is 3.30. The highest BCUT2D eigenvalue weighted by molar-refractivity contribution is 7.11. The van der Waals surface area contributed by atoms with Crippen LogP contribution in [-0.2, 0) is 6.42 Å². The summed E-state index contributed by atoms with van der Waals surface area (Å²) in [4.78, 5) is 5.39. The summed E-state index contributed by atoms with van der Waals surface area (Å²) in [5, 5.41) is 1.49. The van der Waals surface area contributed by atoms with Gasteiger partial charge in [-0.3, -0.25) is 11.3 Å². The lowest BCUT2D eigenvalue weighted by Crippen LogP contribution is -2.29. The van der Waals surface area contributed by atoms with Crippen molar-refractivity contribution < 1.29 is 4.39 Å². The minimum absolute atomic E-state index is 0.167. The van der Waals surface area contributed by atoms with Gasteiger partial charge in [-0.2, -0.15) is 0 Å². The van der Waals surface area contributed by atoms with Crippen LogP contribution < -0.4 is 11.3 Å². The molecule has 3 N–H and O–H groups in total. The lowest BCUT2D eigenvalue weighted by atomic mass is 10.0. The minimum atomic E-state index is -0.274. The molecule has 102 valence electrons. The van der Waals surface area contributed by atoms with E-state index >= 15 is 0 Å². The summed E-state index contributed by atoms with van der Waals surface area (Å²) in [7, 11) is 0. The Kier molecular flexibility index (Phi) is 4.52. The molecule has 3 nitrogen and oxygen atoms in total. The van der Waals surface area contributed by atoms with Crippen LogP contribution in [0.25, 0.3) is 0 Å². The summed E-state index contributed by atoms with van der Waals surface area (Å²) >= 11 is 7.46. The van der Waals surface area contributed by atoms with Gasteiger partial charge in [0.25, 0.3) is 0 Å². The van der Waals surface area contributed by atoms with E-state index in [0.29, 0.717) is 17.0 Å². The summed E-state index contributed by atoms with van der Waals surface area (Å²) in [5.41, 5.74) is 4.19. The highest BCUT2D eigenvalue weighted by atomic mass is 35.5. The Hall–Kier alpha value is -1.01. The summed E-state index contributed by atoms with van der Waals surface area (Å²) in [6, 6.07) is 4.37. The fraction of sp³-hybridized carbons (Fsp3) is 0.308. The predicted octanol–water partition coefficient (Wildman–Crippen LogP) is 3.30. The van der Waals surface area contributed by atoms with Crippen LogP contribution in [0.2, 0.25) is 5.02 Å². The van der Waals surface area contributed by atoms with Gasteiger partial charge >= 0.3 is 0 Å². The Morgan fingerprint density at radius 1 is 1.47 bits per heavy atom. The summed E-state index contributed by atoms with van der Waals surface area (Å²) < 4.78 is 13.7. The summed E-state index contributed by atoms with van der Waals surface area (Å²) in [5.74, 6) is 5.32. The quantitative estimate of drug-likeness (QED) is 0.673. The first-order valence-electron chi connectivity index (χ1n) is 5.85. The Bertz CT molecular complexity index is 585. The van der Waals surface area contributed by atoms with Crippen LogP contribution in [0.3, 0.4) is 0 Å². The van der Waals surface area contributed by atoms with Gasteiger partial charge in [0, 0.05) is 9.90 Å². The lowest BCUT2D eigenvalue weighted by Gasteiger charge is -2.15. The molecule has 19 heavy (non-hydrogen) atoms. The van der Waals surface area contributed by atoms with Gasteiger partial charge in [-0.05, 0) is 44.0 Å². The SMILES string of the molecule is Cc1nc(C)c(C(Cc2cc(Cl)ccc2F)NN)s1. The number of thiazole rings is 1. The highest BCUT2D eigenvalue weighted by Gasteiger charge is 2.18. The van der Waals surface area contributed by atoms with Crippen molar-refractivity contribution in [3.8, 4) is 0 Å². The molecule has 0 aliphatic carbocycles. The highest BCUT2D eigenvalue weighted by Crippen LogP contribution is 2.28. The Balaban J connectivity index is 2.29. The Morgan fingerprint density at radius 3 is 2.79 bits per heavy atom. The number of benzene rings is 1. The minimum Gasteiger partial charge on any atom is -0.271 e. The molecule has 0 spiro atoms. The molecule has 0 aliphatic rings. The van der Waals surface area contributed by atoms with Gasteiger partial charge in [-0.1, -0.05) is 11.6 Å². The maximum atomic E-state index is 13.7. The molecule has 0 fully saturated rings. The molecule has 1 heterocycles. The molecule has 1 aromatic heterocycles. The van der Waals surface area contributed by atoms with E-state index in [1.54, 1.807) is 17.4 Å². The van der Waals surface area contributed by atoms with Crippen molar-refractivity contribution >= 4 is 22.9 Å². The first-order chi connectivity index (χ1) is 9.01. The number of aromatic nitrogens is 1. The van der Waals surface area contributed by atoms with Gasteiger partial charge < -0.3 is 0 Å². The monoisotopic (exact) mass is 299 g/mol. The smallest absolute Gasteiger partial charge is 0.126 e.